The Labute approximate surface area is 82.6 Å². The first-order valence-corrected chi connectivity index (χ1v) is 4.62. The lowest BCUT2D eigenvalue weighted by atomic mass is 9.96. The predicted molar refractivity (Wildman–Crippen MR) is 49.6 cm³/mol. The Bertz CT molecular complexity index is 269. The number of hydrogen-bond acceptors (Lipinski definition) is 3. The molecule has 0 radical (unpaired) electrons. The molecular formula is C10H14O4. The summed E-state index contributed by atoms with van der Waals surface area (Å²) in [5.41, 5.74) is 0.815. The Morgan fingerprint density at radius 2 is 2.07 bits per heavy atom. The third-order valence-corrected chi connectivity index (χ3v) is 2.41. The van der Waals surface area contributed by atoms with E-state index < -0.39 is 23.8 Å². The van der Waals surface area contributed by atoms with Crippen LogP contribution < -0.4 is 0 Å². The zero-order valence-electron chi connectivity index (χ0n) is 8.16. The Kier molecular flexibility index (Phi) is 3.28. The molecule has 14 heavy (non-hydrogen) atoms. The lowest BCUT2D eigenvalue weighted by Crippen LogP contribution is -2.26. The van der Waals surface area contributed by atoms with E-state index >= 15 is 0 Å². The first-order valence-electron chi connectivity index (χ1n) is 4.62. The van der Waals surface area contributed by atoms with Gasteiger partial charge in [-0.2, -0.15) is 0 Å². The van der Waals surface area contributed by atoms with E-state index in [1.165, 1.54) is 0 Å². The minimum absolute atomic E-state index is 0.286. The number of hydrogen-bond donors (Lipinski definition) is 1. The van der Waals surface area contributed by atoms with Crippen molar-refractivity contribution in [2.24, 2.45) is 11.8 Å². The van der Waals surface area contributed by atoms with Crippen LogP contribution in [0.4, 0.5) is 0 Å². The molecule has 1 N–H and O–H groups in total. The maximum atomic E-state index is 11.4. The number of allylic oxidation sites excluding steroid dienone is 1. The van der Waals surface area contributed by atoms with Crippen LogP contribution in [-0.2, 0) is 14.3 Å². The SMILES string of the molecule is C=C1C[C@@H](C(=O)O)[C@H](C(=O)OCC)C1. The van der Waals surface area contributed by atoms with E-state index in [9.17, 15) is 9.59 Å². The second-order valence-corrected chi connectivity index (χ2v) is 3.46. The summed E-state index contributed by atoms with van der Waals surface area (Å²) in [6, 6.07) is 0. The number of carboxylic acids is 1. The molecule has 1 fully saturated rings. The fourth-order valence-electron chi connectivity index (χ4n) is 1.75. The van der Waals surface area contributed by atoms with Crippen LogP contribution in [0.1, 0.15) is 19.8 Å². The summed E-state index contributed by atoms with van der Waals surface area (Å²) in [6.45, 7) is 5.70. The van der Waals surface area contributed by atoms with Gasteiger partial charge in [-0.3, -0.25) is 9.59 Å². The molecule has 4 heteroatoms. The standard InChI is InChI=1S/C10H14O4/c1-3-14-10(13)8-5-6(2)4-7(8)9(11)12/h7-8H,2-5H2,1H3,(H,11,12)/t7-,8-/m1/s1. The second kappa shape index (κ2) is 4.26. The van der Waals surface area contributed by atoms with Crippen LogP contribution in [0.15, 0.2) is 12.2 Å². The minimum atomic E-state index is -0.943. The zero-order valence-corrected chi connectivity index (χ0v) is 8.16. The highest BCUT2D eigenvalue weighted by molar-refractivity contribution is 5.82. The lowest BCUT2D eigenvalue weighted by Gasteiger charge is -2.13. The van der Waals surface area contributed by atoms with Crippen molar-refractivity contribution in [2.45, 2.75) is 19.8 Å². The summed E-state index contributed by atoms with van der Waals surface area (Å²) < 4.78 is 4.81. The van der Waals surface area contributed by atoms with Gasteiger partial charge in [0, 0.05) is 0 Å². The van der Waals surface area contributed by atoms with Gasteiger partial charge in [0.1, 0.15) is 0 Å². The maximum absolute atomic E-state index is 11.4. The summed E-state index contributed by atoms with van der Waals surface area (Å²) in [6.07, 6.45) is 0.828. The summed E-state index contributed by atoms with van der Waals surface area (Å²) >= 11 is 0. The van der Waals surface area contributed by atoms with E-state index in [0.717, 1.165) is 5.57 Å². The van der Waals surface area contributed by atoms with Crippen molar-refractivity contribution >= 4 is 11.9 Å². The Balaban J connectivity index is 2.71. The molecule has 1 rings (SSSR count). The van der Waals surface area contributed by atoms with E-state index in [-0.39, 0.29) is 6.61 Å². The van der Waals surface area contributed by atoms with Crippen LogP contribution in [0.2, 0.25) is 0 Å². The third-order valence-electron chi connectivity index (χ3n) is 2.41. The Morgan fingerprint density at radius 1 is 1.50 bits per heavy atom. The first-order chi connectivity index (χ1) is 6.56. The number of carbonyl (C=O) groups excluding carboxylic acids is 1. The van der Waals surface area contributed by atoms with E-state index in [1.807, 2.05) is 0 Å². The quantitative estimate of drug-likeness (QED) is 0.547. The van der Waals surface area contributed by atoms with E-state index in [1.54, 1.807) is 6.92 Å². The van der Waals surface area contributed by atoms with Crippen molar-refractivity contribution in [1.82, 2.24) is 0 Å². The van der Waals surface area contributed by atoms with Gasteiger partial charge in [-0.15, -0.1) is 0 Å². The maximum Gasteiger partial charge on any atom is 0.310 e. The molecule has 0 spiro atoms. The Morgan fingerprint density at radius 3 is 2.57 bits per heavy atom. The van der Waals surface area contributed by atoms with E-state index in [4.69, 9.17) is 9.84 Å². The van der Waals surface area contributed by atoms with Crippen LogP contribution in [0.25, 0.3) is 0 Å². The van der Waals surface area contributed by atoms with Crippen molar-refractivity contribution in [3.05, 3.63) is 12.2 Å². The summed E-state index contributed by atoms with van der Waals surface area (Å²) in [5, 5.41) is 8.87. The highest BCUT2D eigenvalue weighted by Gasteiger charge is 2.40. The van der Waals surface area contributed by atoms with Gasteiger partial charge in [-0.1, -0.05) is 12.2 Å². The molecule has 2 atom stereocenters. The van der Waals surface area contributed by atoms with Crippen LogP contribution in [0.5, 0.6) is 0 Å². The number of carboxylic acid groups (broad SMARTS) is 1. The molecular weight excluding hydrogens is 184 g/mol. The topological polar surface area (TPSA) is 63.6 Å². The molecule has 78 valence electrons. The van der Waals surface area contributed by atoms with Crippen LogP contribution in [0.3, 0.4) is 0 Å². The Hall–Kier alpha value is -1.32. The average molecular weight is 198 g/mol. The van der Waals surface area contributed by atoms with E-state index in [2.05, 4.69) is 6.58 Å². The van der Waals surface area contributed by atoms with Crippen molar-refractivity contribution < 1.29 is 19.4 Å². The van der Waals surface area contributed by atoms with Gasteiger partial charge in [0.05, 0.1) is 18.4 Å². The number of carbonyl (C=O) groups is 2. The lowest BCUT2D eigenvalue weighted by molar-refractivity contribution is -0.156. The molecule has 0 aromatic heterocycles. The molecule has 0 aliphatic heterocycles. The molecule has 0 aromatic rings. The summed E-state index contributed by atoms with van der Waals surface area (Å²) in [5.74, 6) is -2.55. The third kappa shape index (κ3) is 2.13. The van der Waals surface area contributed by atoms with Crippen molar-refractivity contribution in [3.8, 4) is 0 Å². The fourth-order valence-corrected chi connectivity index (χ4v) is 1.75. The molecule has 4 nitrogen and oxygen atoms in total. The highest BCUT2D eigenvalue weighted by Crippen LogP contribution is 2.35. The zero-order chi connectivity index (χ0) is 10.7. The number of ether oxygens (including phenoxy) is 1. The smallest absolute Gasteiger partial charge is 0.310 e. The second-order valence-electron chi connectivity index (χ2n) is 3.46. The largest absolute Gasteiger partial charge is 0.481 e. The van der Waals surface area contributed by atoms with Gasteiger partial charge in [-0.05, 0) is 19.8 Å². The summed E-state index contributed by atoms with van der Waals surface area (Å²) in [7, 11) is 0. The molecule has 0 unspecified atom stereocenters. The average Bonchev–Trinajstić information content (AvgIpc) is 2.48. The highest BCUT2D eigenvalue weighted by atomic mass is 16.5. The number of rotatable bonds is 3. The monoisotopic (exact) mass is 198 g/mol. The predicted octanol–water partition coefficient (Wildman–Crippen LogP) is 1.22. The fraction of sp³-hybridized carbons (Fsp3) is 0.600. The minimum Gasteiger partial charge on any atom is -0.481 e. The molecule has 1 aliphatic rings. The molecule has 0 bridgehead atoms. The van der Waals surface area contributed by atoms with Gasteiger partial charge in [-0.25, -0.2) is 0 Å². The molecule has 0 saturated heterocycles. The van der Waals surface area contributed by atoms with Crippen molar-refractivity contribution in [2.75, 3.05) is 6.61 Å². The number of esters is 1. The van der Waals surface area contributed by atoms with E-state index in [0.29, 0.717) is 12.8 Å². The first kappa shape index (κ1) is 10.8. The van der Waals surface area contributed by atoms with Crippen molar-refractivity contribution in [3.63, 3.8) is 0 Å². The normalized spacial score (nSPS) is 26.2. The number of aliphatic carboxylic acids is 1. The molecule has 1 aliphatic carbocycles. The van der Waals surface area contributed by atoms with Gasteiger partial charge in [0.15, 0.2) is 0 Å². The van der Waals surface area contributed by atoms with Crippen LogP contribution >= 0.6 is 0 Å². The molecule has 1 saturated carbocycles. The molecule has 0 heterocycles. The van der Waals surface area contributed by atoms with Gasteiger partial charge >= 0.3 is 11.9 Å². The van der Waals surface area contributed by atoms with Gasteiger partial charge in [0.25, 0.3) is 0 Å². The van der Waals surface area contributed by atoms with Gasteiger partial charge < -0.3 is 9.84 Å². The van der Waals surface area contributed by atoms with Crippen molar-refractivity contribution in [1.29, 1.82) is 0 Å². The van der Waals surface area contributed by atoms with Crippen LogP contribution in [-0.4, -0.2) is 23.7 Å². The molecule has 0 aromatic carbocycles. The molecule has 0 amide bonds. The van der Waals surface area contributed by atoms with Gasteiger partial charge in [0.2, 0.25) is 0 Å². The van der Waals surface area contributed by atoms with Crippen LogP contribution in [0, 0.1) is 11.8 Å². The summed E-state index contributed by atoms with van der Waals surface area (Å²) in [4.78, 5) is 22.2.